The molecular weight excluding hydrogens is 256 g/mol. The van der Waals surface area contributed by atoms with Crippen LogP contribution < -0.4 is 0 Å². The van der Waals surface area contributed by atoms with Gasteiger partial charge in [-0.1, -0.05) is 34.8 Å². The number of rotatable bonds is 5. The highest BCUT2D eigenvalue weighted by molar-refractivity contribution is 5.69. The quantitative estimate of drug-likeness (QED) is 0.615. The molecule has 0 N–H and O–H groups in total. The normalized spacial score (nSPS) is 10.0. The molecule has 0 amide bonds. The first kappa shape index (κ1) is 13.8. The van der Waals surface area contributed by atoms with Gasteiger partial charge in [0.2, 0.25) is 11.7 Å². The van der Waals surface area contributed by atoms with Crippen LogP contribution in [0.4, 0.5) is 0 Å². The first-order chi connectivity index (χ1) is 9.69. The summed E-state index contributed by atoms with van der Waals surface area (Å²) >= 11 is 0. The first-order valence-electron chi connectivity index (χ1n) is 6.18. The van der Waals surface area contributed by atoms with E-state index in [1.165, 1.54) is 0 Å². The van der Waals surface area contributed by atoms with Gasteiger partial charge < -0.3 is 9.26 Å². The second-order valence-corrected chi connectivity index (χ2v) is 4.25. The van der Waals surface area contributed by atoms with Crippen molar-refractivity contribution in [3.8, 4) is 23.7 Å². The van der Waals surface area contributed by atoms with Crippen molar-refractivity contribution >= 4 is 5.97 Å². The van der Waals surface area contributed by atoms with Gasteiger partial charge in [0.05, 0.1) is 6.42 Å². The summed E-state index contributed by atoms with van der Waals surface area (Å²) in [5, 5.41) is 3.90. The third kappa shape index (κ3) is 3.69. The van der Waals surface area contributed by atoms with E-state index in [4.69, 9.17) is 15.7 Å². The summed E-state index contributed by atoms with van der Waals surface area (Å²) in [7, 11) is 0. The molecule has 2 aromatic rings. The number of aryl methyl sites for hydroxylation is 2. The SMILES string of the molecule is C#CCOC(=O)CCc1nc(-c2cccc(C)c2)no1. The Morgan fingerprint density at radius 1 is 1.50 bits per heavy atom. The van der Waals surface area contributed by atoms with E-state index in [1.807, 2.05) is 31.2 Å². The van der Waals surface area contributed by atoms with Crippen LogP contribution in [-0.4, -0.2) is 22.7 Å². The van der Waals surface area contributed by atoms with Crippen molar-refractivity contribution < 1.29 is 14.1 Å². The molecule has 0 aliphatic carbocycles. The van der Waals surface area contributed by atoms with Crippen LogP contribution in [0.25, 0.3) is 11.4 Å². The summed E-state index contributed by atoms with van der Waals surface area (Å²) < 4.78 is 9.86. The van der Waals surface area contributed by atoms with E-state index < -0.39 is 0 Å². The second-order valence-electron chi connectivity index (χ2n) is 4.25. The molecule has 0 spiro atoms. The molecule has 0 fully saturated rings. The summed E-state index contributed by atoms with van der Waals surface area (Å²) in [6.07, 6.45) is 5.50. The molecule has 0 saturated carbocycles. The second kappa shape index (κ2) is 6.53. The Hall–Kier alpha value is -2.61. The predicted octanol–water partition coefficient (Wildman–Crippen LogP) is 2.15. The summed E-state index contributed by atoms with van der Waals surface area (Å²) in [6.45, 7) is 1.98. The molecule has 5 heteroatoms. The third-order valence-corrected chi connectivity index (χ3v) is 2.60. The summed E-state index contributed by atoms with van der Waals surface area (Å²) in [4.78, 5) is 15.5. The smallest absolute Gasteiger partial charge is 0.307 e. The fourth-order valence-electron chi connectivity index (χ4n) is 1.66. The van der Waals surface area contributed by atoms with E-state index in [2.05, 4.69) is 16.1 Å². The Kier molecular flexibility index (Phi) is 4.51. The molecule has 0 atom stereocenters. The molecule has 1 aromatic heterocycles. The van der Waals surface area contributed by atoms with E-state index >= 15 is 0 Å². The minimum absolute atomic E-state index is 0.0167. The molecule has 102 valence electrons. The molecule has 5 nitrogen and oxygen atoms in total. The fraction of sp³-hybridized carbons (Fsp3) is 0.267. The van der Waals surface area contributed by atoms with Crippen LogP contribution >= 0.6 is 0 Å². The van der Waals surface area contributed by atoms with Gasteiger partial charge in [0.1, 0.15) is 0 Å². The van der Waals surface area contributed by atoms with Crippen LogP contribution in [0, 0.1) is 19.3 Å². The van der Waals surface area contributed by atoms with Crippen molar-refractivity contribution in [3.05, 3.63) is 35.7 Å². The van der Waals surface area contributed by atoms with Crippen LogP contribution in [-0.2, 0) is 16.0 Å². The highest BCUT2D eigenvalue weighted by Gasteiger charge is 2.11. The van der Waals surface area contributed by atoms with Crippen LogP contribution in [0.5, 0.6) is 0 Å². The number of benzene rings is 1. The molecule has 1 aromatic carbocycles. The Labute approximate surface area is 117 Å². The Balaban J connectivity index is 1.96. The number of terminal acetylenes is 1. The average molecular weight is 270 g/mol. The van der Waals surface area contributed by atoms with Gasteiger partial charge in [-0.25, -0.2) is 0 Å². The first-order valence-corrected chi connectivity index (χ1v) is 6.18. The number of carbonyl (C=O) groups is 1. The maximum absolute atomic E-state index is 11.3. The van der Waals surface area contributed by atoms with Crippen LogP contribution in [0.15, 0.2) is 28.8 Å². The van der Waals surface area contributed by atoms with Crippen LogP contribution in [0.1, 0.15) is 17.9 Å². The summed E-state index contributed by atoms with van der Waals surface area (Å²) in [5.41, 5.74) is 2.00. The molecule has 0 bridgehead atoms. The third-order valence-electron chi connectivity index (χ3n) is 2.60. The molecular formula is C15H14N2O3. The average Bonchev–Trinajstić information content (AvgIpc) is 2.92. The predicted molar refractivity (Wildman–Crippen MR) is 72.6 cm³/mol. The van der Waals surface area contributed by atoms with E-state index in [1.54, 1.807) is 0 Å². The van der Waals surface area contributed by atoms with E-state index in [9.17, 15) is 4.79 Å². The molecule has 2 rings (SSSR count). The van der Waals surface area contributed by atoms with Gasteiger partial charge in [0.25, 0.3) is 0 Å². The zero-order valence-corrected chi connectivity index (χ0v) is 11.1. The van der Waals surface area contributed by atoms with Gasteiger partial charge in [-0.3, -0.25) is 4.79 Å². The fourth-order valence-corrected chi connectivity index (χ4v) is 1.66. The minimum Gasteiger partial charge on any atom is -0.452 e. The Morgan fingerprint density at radius 2 is 2.35 bits per heavy atom. The van der Waals surface area contributed by atoms with Gasteiger partial charge in [-0.15, -0.1) is 6.42 Å². The van der Waals surface area contributed by atoms with Gasteiger partial charge in [0.15, 0.2) is 6.61 Å². The summed E-state index contributed by atoms with van der Waals surface area (Å²) in [5.74, 6) is 2.77. The lowest BCUT2D eigenvalue weighted by Gasteiger charge is -1.97. The number of hydrogen-bond donors (Lipinski definition) is 0. The van der Waals surface area contributed by atoms with Crippen molar-refractivity contribution in [3.63, 3.8) is 0 Å². The molecule has 0 aliphatic heterocycles. The number of carbonyl (C=O) groups excluding carboxylic acids is 1. The molecule has 20 heavy (non-hydrogen) atoms. The lowest BCUT2D eigenvalue weighted by atomic mass is 10.1. The standard InChI is InChI=1S/C15H14N2O3/c1-3-9-19-14(18)8-7-13-16-15(17-20-13)12-6-4-5-11(2)10-12/h1,4-6,10H,7-9H2,2H3. The minimum atomic E-state index is -0.377. The number of hydrogen-bond acceptors (Lipinski definition) is 5. The molecule has 0 radical (unpaired) electrons. The highest BCUT2D eigenvalue weighted by atomic mass is 16.5. The number of aromatic nitrogens is 2. The van der Waals surface area contributed by atoms with Crippen molar-refractivity contribution in [2.45, 2.75) is 19.8 Å². The van der Waals surface area contributed by atoms with Crippen molar-refractivity contribution in [2.75, 3.05) is 6.61 Å². The van der Waals surface area contributed by atoms with Crippen LogP contribution in [0.2, 0.25) is 0 Å². The maximum atomic E-state index is 11.3. The van der Waals surface area contributed by atoms with E-state index in [0.29, 0.717) is 18.1 Å². The largest absolute Gasteiger partial charge is 0.452 e. The van der Waals surface area contributed by atoms with Crippen molar-refractivity contribution in [1.29, 1.82) is 0 Å². The lowest BCUT2D eigenvalue weighted by Crippen LogP contribution is -2.05. The number of ether oxygens (including phenoxy) is 1. The molecule has 0 aliphatic rings. The molecule has 0 unspecified atom stereocenters. The topological polar surface area (TPSA) is 65.2 Å². The maximum Gasteiger partial charge on any atom is 0.307 e. The van der Waals surface area contributed by atoms with Crippen molar-refractivity contribution in [2.24, 2.45) is 0 Å². The van der Waals surface area contributed by atoms with Gasteiger partial charge >= 0.3 is 5.97 Å². The monoisotopic (exact) mass is 270 g/mol. The Morgan fingerprint density at radius 3 is 3.10 bits per heavy atom. The van der Waals surface area contributed by atoms with Gasteiger partial charge in [-0.05, 0) is 13.0 Å². The Bertz CT molecular complexity index is 641. The van der Waals surface area contributed by atoms with Gasteiger partial charge in [-0.2, -0.15) is 4.98 Å². The summed E-state index contributed by atoms with van der Waals surface area (Å²) in [6, 6.07) is 7.79. The zero-order chi connectivity index (χ0) is 14.4. The molecule has 1 heterocycles. The van der Waals surface area contributed by atoms with Crippen molar-refractivity contribution in [1.82, 2.24) is 10.1 Å². The molecule has 0 saturated heterocycles. The number of nitrogens with zero attached hydrogens (tertiary/aromatic N) is 2. The van der Waals surface area contributed by atoms with Crippen LogP contribution in [0.3, 0.4) is 0 Å². The highest BCUT2D eigenvalue weighted by Crippen LogP contribution is 2.17. The van der Waals surface area contributed by atoms with E-state index in [-0.39, 0.29) is 19.0 Å². The lowest BCUT2D eigenvalue weighted by molar-refractivity contribution is -0.142. The van der Waals surface area contributed by atoms with Gasteiger partial charge in [0, 0.05) is 12.0 Å². The van der Waals surface area contributed by atoms with E-state index in [0.717, 1.165) is 11.1 Å². The zero-order valence-electron chi connectivity index (χ0n) is 11.1. The number of esters is 1.